The molecule has 1 fully saturated rings. The summed E-state index contributed by atoms with van der Waals surface area (Å²) in [6.07, 6.45) is 4.75. The van der Waals surface area contributed by atoms with E-state index in [9.17, 15) is 9.59 Å². The summed E-state index contributed by atoms with van der Waals surface area (Å²) in [5, 5.41) is 13.2. The molecule has 154 valence electrons. The molecular formula is C22H27N3O3S. The molecule has 1 aromatic heterocycles. The molecule has 2 aliphatic rings. The predicted molar refractivity (Wildman–Crippen MR) is 113 cm³/mol. The molecule has 2 heterocycles. The molecule has 0 saturated heterocycles. The average Bonchev–Trinajstić information content (AvgIpc) is 3.06. The fraction of sp³-hybridized carbons (Fsp3) is 0.500. The molecule has 0 atom stereocenters. The highest BCUT2D eigenvalue weighted by Crippen LogP contribution is 2.30. The number of amides is 1. The Morgan fingerprint density at radius 3 is 2.48 bits per heavy atom. The van der Waals surface area contributed by atoms with Crippen LogP contribution in [0.4, 0.5) is 0 Å². The Hall–Kier alpha value is -2.25. The van der Waals surface area contributed by atoms with Gasteiger partial charge in [0.05, 0.1) is 11.6 Å². The molecule has 1 aromatic carbocycles. The predicted octanol–water partition coefficient (Wildman–Crippen LogP) is 3.21. The molecule has 1 aliphatic carbocycles. The number of hydrogen-bond donors (Lipinski definition) is 2. The first-order valence-electron chi connectivity index (χ1n) is 10.3. The zero-order valence-electron chi connectivity index (χ0n) is 16.7. The largest absolute Gasteiger partial charge is 0.481 e. The van der Waals surface area contributed by atoms with Gasteiger partial charge in [0.1, 0.15) is 5.01 Å². The highest BCUT2D eigenvalue weighted by atomic mass is 32.1. The van der Waals surface area contributed by atoms with E-state index in [4.69, 9.17) is 10.1 Å². The van der Waals surface area contributed by atoms with Gasteiger partial charge in [-0.2, -0.15) is 0 Å². The van der Waals surface area contributed by atoms with Crippen LogP contribution in [0.5, 0.6) is 0 Å². The van der Waals surface area contributed by atoms with Gasteiger partial charge in [0, 0.05) is 41.6 Å². The molecule has 0 spiro atoms. The second-order valence-electron chi connectivity index (χ2n) is 8.13. The van der Waals surface area contributed by atoms with Crippen molar-refractivity contribution in [2.75, 3.05) is 20.1 Å². The second-order valence-corrected chi connectivity index (χ2v) is 9.21. The molecule has 1 saturated carbocycles. The fourth-order valence-electron chi connectivity index (χ4n) is 4.12. The summed E-state index contributed by atoms with van der Waals surface area (Å²) in [6.45, 7) is 2.12. The van der Waals surface area contributed by atoms with Gasteiger partial charge >= 0.3 is 5.97 Å². The van der Waals surface area contributed by atoms with Crippen LogP contribution >= 0.6 is 11.3 Å². The number of carboxylic acids is 1. The lowest BCUT2D eigenvalue weighted by Crippen LogP contribution is -2.38. The van der Waals surface area contributed by atoms with Crippen LogP contribution in [0.25, 0.3) is 10.6 Å². The van der Waals surface area contributed by atoms with E-state index in [1.165, 1.54) is 10.6 Å². The van der Waals surface area contributed by atoms with E-state index < -0.39 is 5.97 Å². The molecule has 6 nitrogen and oxygen atoms in total. The van der Waals surface area contributed by atoms with Crippen LogP contribution in [0.3, 0.4) is 0 Å². The number of aliphatic carboxylic acids is 1. The van der Waals surface area contributed by atoms with Crippen LogP contribution in [0.2, 0.25) is 0 Å². The first kappa shape index (κ1) is 20.0. The molecule has 0 radical (unpaired) electrons. The van der Waals surface area contributed by atoms with Crippen molar-refractivity contribution in [1.29, 1.82) is 0 Å². The fourth-order valence-corrected chi connectivity index (χ4v) is 5.22. The van der Waals surface area contributed by atoms with Crippen molar-refractivity contribution in [3.63, 3.8) is 0 Å². The summed E-state index contributed by atoms with van der Waals surface area (Å²) < 4.78 is 0. The van der Waals surface area contributed by atoms with Gasteiger partial charge in [-0.15, -0.1) is 11.3 Å². The number of carboxylic acid groups (broad SMARTS) is 1. The van der Waals surface area contributed by atoms with E-state index in [2.05, 4.69) is 17.3 Å². The lowest BCUT2D eigenvalue weighted by atomic mass is 9.86. The van der Waals surface area contributed by atoms with Crippen molar-refractivity contribution in [3.05, 3.63) is 40.4 Å². The highest BCUT2D eigenvalue weighted by molar-refractivity contribution is 7.15. The Balaban J connectivity index is 1.38. The number of likely N-dealkylation sites (N-methyl/N-ethyl adjacent to an activating group) is 1. The van der Waals surface area contributed by atoms with E-state index in [-0.39, 0.29) is 17.9 Å². The SMILES string of the molecule is CN1CCc2nc(-c3ccc(C(=O)NC4CCC(C(=O)O)CC4)cc3)sc2CC1. The molecule has 1 amide bonds. The van der Waals surface area contributed by atoms with Crippen molar-refractivity contribution >= 4 is 23.2 Å². The molecule has 29 heavy (non-hydrogen) atoms. The topological polar surface area (TPSA) is 82.5 Å². The van der Waals surface area contributed by atoms with Crippen molar-refractivity contribution in [2.24, 2.45) is 5.92 Å². The Bertz CT molecular complexity index is 860. The Morgan fingerprint density at radius 2 is 1.79 bits per heavy atom. The summed E-state index contributed by atoms with van der Waals surface area (Å²) in [6, 6.07) is 7.72. The van der Waals surface area contributed by atoms with E-state index in [1.54, 1.807) is 11.3 Å². The van der Waals surface area contributed by atoms with Crippen LogP contribution in [-0.2, 0) is 17.6 Å². The summed E-state index contributed by atoms with van der Waals surface area (Å²) in [5.74, 6) is -1.08. The summed E-state index contributed by atoms with van der Waals surface area (Å²) in [7, 11) is 2.15. The van der Waals surface area contributed by atoms with Crippen LogP contribution in [0, 0.1) is 5.92 Å². The smallest absolute Gasteiger partial charge is 0.306 e. The number of nitrogens with one attached hydrogen (secondary N) is 1. The summed E-state index contributed by atoms with van der Waals surface area (Å²) in [5.41, 5.74) is 2.90. The maximum atomic E-state index is 12.6. The van der Waals surface area contributed by atoms with Gasteiger partial charge in [-0.1, -0.05) is 12.1 Å². The number of fused-ring (bicyclic) bond motifs is 1. The molecule has 2 aromatic rings. The standard InChI is InChI=1S/C22H27N3O3S/c1-25-12-10-18-19(11-13-25)29-21(24-18)15-4-2-14(3-5-15)20(26)23-17-8-6-16(7-9-17)22(27)28/h2-5,16-17H,6-13H2,1H3,(H,23,26)(H,27,28). The highest BCUT2D eigenvalue weighted by Gasteiger charge is 2.27. The van der Waals surface area contributed by atoms with Gasteiger partial charge in [0.15, 0.2) is 0 Å². The Kier molecular flexibility index (Phi) is 5.96. The third kappa shape index (κ3) is 4.67. The van der Waals surface area contributed by atoms with Gasteiger partial charge in [-0.3, -0.25) is 9.59 Å². The second kappa shape index (κ2) is 8.63. The maximum Gasteiger partial charge on any atom is 0.306 e. The van der Waals surface area contributed by atoms with Gasteiger partial charge in [0.2, 0.25) is 0 Å². The number of carbonyl (C=O) groups is 2. The maximum absolute atomic E-state index is 12.6. The molecule has 7 heteroatoms. The molecular weight excluding hydrogens is 386 g/mol. The average molecular weight is 414 g/mol. The number of aromatic nitrogens is 1. The van der Waals surface area contributed by atoms with Crippen LogP contribution in [0.1, 0.15) is 46.6 Å². The summed E-state index contributed by atoms with van der Waals surface area (Å²) in [4.78, 5) is 32.2. The van der Waals surface area contributed by atoms with Crippen molar-refractivity contribution < 1.29 is 14.7 Å². The van der Waals surface area contributed by atoms with Gasteiger partial charge in [-0.25, -0.2) is 4.98 Å². The number of rotatable bonds is 4. The Labute approximate surface area is 175 Å². The minimum atomic E-state index is -0.725. The van der Waals surface area contributed by atoms with Gasteiger partial charge < -0.3 is 15.3 Å². The minimum Gasteiger partial charge on any atom is -0.481 e. The monoisotopic (exact) mass is 413 g/mol. The van der Waals surface area contributed by atoms with E-state index in [1.807, 2.05) is 24.3 Å². The normalized spacial score (nSPS) is 22.5. The van der Waals surface area contributed by atoms with Crippen molar-refractivity contribution in [3.8, 4) is 10.6 Å². The van der Waals surface area contributed by atoms with Crippen molar-refractivity contribution in [1.82, 2.24) is 15.2 Å². The minimum absolute atomic E-state index is 0.0607. The van der Waals surface area contributed by atoms with Crippen LogP contribution in [-0.4, -0.2) is 53.0 Å². The summed E-state index contributed by atoms with van der Waals surface area (Å²) >= 11 is 1.76. The van der Waals surface area contributed by atoms with E-state index >= 15 is 0 Å². The number of thiazole rings is 1. The third-order valence-electron chi connectivity index (χ3n) is 6.03. The van der Waals surface area contributed by atoms with E-state index in [0.717, 1.165) is 49.3 Å². The zero-order valence-corrected chi connectivity index (χ0v) is 17.5. The number of benzene rings is 1. The van der Waals surface area contributed by atoms with E-state index in [0.29, 0.717) is 18.4 Å². The lowest BCUT2D eigenvalue weighted by molar-refractivity contribution is -0.142. The first-order chi connectivity index (χ1) is 14.0. The molecule has 0 bridgehead atoms. The van der Waals surface area contributed by atoms with Gasteiger partial charge in [0.25, 0.3) is 5.91 Å². The van der Waals surface area contributed by atoms with Crippen LogP contribution in [0.15, 0.2) is 24.3 Å². The lowest BCUT2D eigenvalue weighted by Gasteiger charge is -2.26. The van der Waals surface area contributed by atoms with Crippen molar-refractivity contribution in [2.45, 2.75) is 44.6 Å². The zero-order chi connectivity index (χ0) is 20.4. The Morgan fingerprint density at radius 1 is 1.10 bits per heavy atom. The molecule has 4 rings (SSSR count). The first-order valence-corrected chi connectivity index (χ1v) is 11.1. The molecule has 1 aliphatic heterocycles. The third-order valence-corrected chi connectivity index (χ3v) is 7.24. The number of nitrogens with zero attached hydrogens (tertiary/aromatic N) is 2. The molecule has 2 N–H and O–H groups in total. The van der Waals surface area contributed by atoms with Crippen LogP contribution < -0.4 is 5.32 Å². The van der Waals surface area contributed by atoms with Gasteiger partial charge in [-0.05, 0) is 51.3 Å². The quantitative estimate of drug-likeness (QED) is 0.804. The number of hydrogen-bond acceptors (Lipinski definition) is 5. The number of carbonyl (C=O) groups excluding carboxylic acids is 1. The molecule has 0 unspecified atom stereocenters.